The Bertz CT molecular complexity index is 778. The lowest BCUT2D eigenvalue weighted by molar-refractivity contribution is -0.133. The molecule has 1 aromatic heterocycles. The summed E-state index contributed by atoms with van der Waals surface area (Å²) in [5.41, 5.74) is 1.78. The number of likely N-dealkylation sites (tertiary alicyclic amines) is 1. The van der Waals surface area contributed by atoms with Crippen molar-refractivity contribution in [3.05, 3.63) is 29.8 Å². The smallest absolute Gasteiger partial charge is 0.225 e. The van der Waals surface area contributed by atoms with E-state index in [1.165, 1.54) is 11.8 Å². The molecule has 0 spiro atoms. The Balaban J connectivity index is 1.49. The minimum absolute atomic E-state index is 0.0566. The van der Waals surface area contributed by atoms with Crippen LogP contribution in [0.3, 0.4) is 0 Å². The Morgan fingerprint density at radius 1 is 1.35 bits per heavy atom. The molecule has 2 amide bonds. The van der Waals surface area contributed by atoms with Crippen LogP contribution in [-0.2, 0) is 23.2 Å². The highest BCUT2D eigenvalue weighted by molar-refractivity contribution is 7.99. The van der Waals surface area contributed by atoms with Gasteiger partial charge >= 0.3 is 0 Å². The SMILES string of the molecule is Cn1nnnc1SCCC(=O)Nc1cccc(CN2CCCCC2=O)c1. The summed E-state index contributed by atoms with van der Waals surface area (Å²) >= 11 is 1.44. The van der Waals surface area contributed by atoms with Crippen molar-refractivity contribution in [2.75, 3.05) is 17.6 Å². The molecule has 0 unspecified atom stereocenters. The van der Waals surface area contributed by atoms with Crippen molar-refractivity contribution in [3.8, 4) is 0 Å². The van der Waals surface area contributed by atoms with E-state index in [4.69, 9.17) is 0 Å². The van der Waals surface area contributed by atoms with Crippen LogP contribution < -0.4 is 5.32 Å². The minimum Gasteiger partial charge on any atom is -0.338 e. The lowest BCUT2D eigenvalue weighted by Gasteiger charge is -2.26. The molecule has 2 aromatic rings. The van der Waals surface area contributed by atoms with E-state index in [-0.39, 0.29) is 11.8 Å². The number of amides is 2. The molecule has 0 aliphatic carbocycles. The number of carbonyl (C=O) groups is 2. The Hall–Kier alpha value is -2.42. The summed E-state index contributed by atoms with van der Waals surface area (Å²) in [5.74, 6) is 0.752. The summed E-state index contributed by atoms with van der Waals surface area (Å²) < 4.78 is 1.58. The van der Waals surface area contributed by atoms with E-state index >= 15 is 0 Å². The molecular formula is C17H22N6O2S. The molecule has 0 saturated carbocycles. The number of anilines is 1. The van der Waals surface area contributed by atoms with Crippen LogP contribution in [0, 0.1) is 0 Å². The molecule has 8 nitrogen and oxygen atoms in total. The fourth-order valence-corrected chi connectivity index (χ4v) is 3.59. The van der Waals surface area contributed by atoms with Crippen molar-refractivity contribution in [2.24, 2.45) is 7.05 Å². The molecule has 1 aliphatic heterocycles. The monoisotopic (exact) mass is 374 g/mol. The van der Waals surface area contributed by atoms with Crippen LogP contribution in [0.15, 0.2) is 29.4 Å². The van der Waals surface area contributed by atoms with Gasteiger partial charge in [0.1, 0.15) is 0 Å². The van der Waals surface area contributed by atoms with E-state index in [0.717, 1.165) is 30.6 Å². The molecule has 1 fully saturated rings. The largest absolute Gasteiger partial charge is 0.338 e. The Morgan fingerprint density at radius 3 is 3.00 bits per heavy atom. The van der Waals surface area contributed by atoms with E-state index in [2.05, 4.69) is 20.8 Å². The van der Waals surface area contributed by atoms with Crippen molar-refractivity contribution in [1.82, 2.24) is 25.1 Å². The lowest BCUT2D eigenvalue weighted by atomic mass is 10.1. The van der Waals surface area contributed by atoms with Gasteiger partial charge in [0.05, 0.1) is 0 Å². The van der Waals surface area contributed by atoms with Gasteiger partial charge in [0.2, 0.25) is 17.0 Å². The Labute approximate surface area is 156 Å². The third-order valence-corrected chi connectivity index (χ3v) is 5.16. The molecule has 3 rings (SSSR count). The third-order valence-electron chi connectivity index (χ3n) is 4.15. The second-order valence-corrected chi connectivity index (χ2v) is 7.27. The number of piperidine rings is 1. The van der Waals surface area contributed by atoms with Gasteiger partial charge in [-0.15, -0.1) is 5.10 Å². The van der Waals surface area contributed by atoms with E-state index < -0.39 is 0 Å². The van der Waals surface area contributed by atoms with Crippen molar-refractivity contribution in [2.45, 2.75) is 37.4 Å². The maximum Gasteiger partial charge on any atom is 0.225 e. The summed E-state index contributed by atoms with van der Waals surface area (Å²) in [5, 5.41) is 14.8. The van der Waals surface area contributed by atoms with Crippen LogP contribution in [0.25, 0.3) is 0 Å². The fourth-order valence-electron chi connectivity index (χ4n) is 2.80. The van der Waals surface area contributed by atoms with Crippen molar-refractivity contribution in [1.29, 1.82) is 0 Å². The second kappa shape index (κ2) is 8.79. The average molecular weight is 374 g/mol. The third kappa shape index (κ3) is 5.04. The standard InChI is InChI=1S/C17H22N6O2S/c1-22-17(19-20-21-22)26-10-8-15(24)18-14-6-4-5-13(11-14)12-23-9-3-2-7-16(23)25/h4-6,11H,2-3,7-10,12H2,1H3,(H,18,24). The zero-order valence-electron chi connectivity index (χ0n) is 14.7. The first-order chi connectivity index (χ1) is 12.6. The maximum absolute atomic E-state index is 12.1. The summed E-state index contributed by atoms with van der Waals surface area (Å²) in [6.07, 6.45) is 3.04. The number of hydrogen-bond acceptors (Lipinski definition) is 6. The second-order valence-electron chi connectivity index (χ2n) is 6.20. The molecule has 1 saturated heterocycles. The summed E-state index contributed by atoms with van der Waals surface area (Å²) in [4.78, 5) is 26.0. The number of hydrogen-bond donors (Lipinski definition) is 1. The number of nitrogens with zero attached hydrogens (tertiary/aromatic N) is 5. The van der Waals surface area contributed by atoms with Crippen LogP contribution in [0.4, 0.5) is 5.69 Å². The predicted molar refractivity (Wildman–Crippen MR) is 98.5 cm³/mol. The quantitative estimate of drug-likeness (QED) is 0.744. The highest BCUT2D eigenvalue weighted by Crippen LogP contribution is 2.18. The number of thioether (sulfide) groups is 1. The first kappa shape index (κ1) is 18.4. The number of carbonyl (C=O) groups excluding carboxylic acids is 2. The molecule has 1 aliphatic rings. The minimum atomic E-state index is -0.0566. The summed E-state index contributed by atoms with van der Waals surface area (Å²) in [6, 6.07) is 7.67. The molecular weight excluding hydrogens is 352 g/mol. The van der Waals surface area contributed by atoms with Crippen LogP contribution >= 0.6 is 11.8 Å². The van der Waals surface area contributed by atoms with Crippen LogP contribution in [0.1, 0.15) is 31.2 Å². The molecule has 1 aromatic carbocycles. The van der Waals surface area contributed by atoms with Gasteiger partial charge in [-0.25, -0.2) is 4.68 Å². The van der Waals surface area contributed by atoms with Gasteiger partial charge in [-0.1, -0.05) is 23.9 Å². The highest BCUT2D eigenvalue weighted by atomic mass is 32.2. The molecule has 0 bridgehead atoms. The van der Waals surface area contributed by atoms with E-state index in [9.17, 15) is 9.59 Å². The Kier molecular flexibility index (Phi) is 6.21. The van der Waals surface area contributed by atoms with Gasteiger partial charge in [0.25, 0.3) is 0 Å². The van der Waals surface area contributed by atoms with Gasteiger partial charge in [0, 0.05) is 44.4 Å². The highest BCUT2D eigenvalue weighted by Gasteiger charge is 2.18. The van der Waals surface area contributed by atoms with E-state index in [0.29, 0.717) is 30.3 Å². The van der Waals surface area contributed by atoms with E-state index in [1.807, 2.05) is 29.2 Å². The van der Waals surface area contributed by atoms with Gasteiger partial charge in [-0.3, -0.25) is 9.59 Å². The first-order valence-electron chi connectivity index (χ1n) is 8.63. The summed E-state index contributed by atoms with van der Waals surface area (Å²) in [6.45, 7) is 1.40. The predicted octanol–water partition coefficient (Wildman–Crippen LogP) is 1.84. The van der Waals surface area contributed by atoms with Gasteiger partial charge < -0.3 is 10.2 Å². The average Bonchev–Trinajstić information content (AvgIpc) is 3.02. The topological polar surface area (TPSA) is 93.0 Å². The fraction of sp³-hybridized carbons (Fsp3) is 0.471. The zero-order chi connectivity index (χ0) is 18.4. The lowest BCUT2D eigenvalue weighted by Crippen LogP contribution is -2.34. The van der Waals surface area contributed by atoms with Crippen LogP contribution in [0.5, 0.6) is 0 Å². The molecule has 0 atom stereocenters. The number of benzene rings is 1. The number of rotatable bonds is 7. The van der Waals surface area contributed by atoms with Gasteiger partial charge in [-0.05, 0) is 41.0 Å². The van der Waals surface area contributed by atoms with Crippen molar-refractivity contribution >= 4 is 29.3 Å². The zero-order valence-corrected chi connectivity index (χ0v) is 15.5. The summed E-state index contributed by atoms with van der Waals surface area (Å²) in [7, 11) is 1.76. The van der Waals surface area contributed by atoms with Gasteiger partial charge in [0.15, 0.2) is 0 Å². The normalized spacial score (nSPS) is 14.5. The molecule has 26 heavy (non-hydrogen) atoms. The number of tetrazole rings is 1. The molecule has 9 heteroatoms. The van der Waals surface area contributed by atoms with Crippen LogP contribution in [-0.4, -0.2) is 49.2 Å². The molecule has 2 heterocycles. The van der Waals surface area contributed by atoms with Gasteiger partial charge in [-0.2, -0.15) is 0 Å². The Morgan fingerprint density at radius 2 is 2.23 bits per heavy atom. The molecule has 1 N–H and O–H groups in total. The van der Waals surface area contributed by atoms with Crippen LogP contribution in [0.2, 0.25) is 0 Å². The number of nitrogens with one attached hydrogen (secondary N) is 1. The van der Waals surface area contributed by atoms with Crippen molar-refractivity contribution in [3.63, 3.8) is 0 Å². The first-order valence-corrected chi connectivity index (χ1v) is 9.62. The van der Waals surface area contributed by atoms with E-state index in [1.54, 1.807) is 11.7 Å². The number of aromatic nitrogens is 4. The van der Waals surface area contributed by atoms with Crippen molar-refractivity contribution < 1.29 is 9.59 Å². The molecule has 138 valence electrons. The maximum atomic E-state index is 12.1. The number of aryl methyl sites for hydroxylation is 1. The molecule has 0 radical (unpaired) electrons.